The summed E-state index contributed by atoms with van der Waals surface area (Å²) in [5.74, 6) is 0.0207. The van der Waals surface area contributed by atoms with Gasteiger partial charge in [0, 0.05) is 17.1 Å². The van der Waals surface area contributed by atoms with Crippen molar-refractivity contribution >= 4 is 46.0 Å². The summed E-state index contributed by atoms with van der Waals surface area (Å²) in [7, 11) is 0. The molecule has 3 nitrogen and oxygen atoms in total. The van der Waals surface area contributed by atoms with E-state index in [9.17, 15) is 4.79 Å². The summed E-state index contributed by atoms with van der Waals surface area (Å²) in [4.78, 5) is 18.8. The molecule has 1 aromatic carbocycles. The maximum absolute atomic E-state index is 12.9. The van der Waals surface area contributed by atoms with E-state index in [2.05, 4.69) is 25.7 Å². The van der Waals surface area contributed by atoms with E-state index in [0.717, 1.165) is 22.0 Å². The van der Waals surface area contributed by atoms with Gasteiger partial charge in [0.05, 0.1) is 11.6 Å². The second kappa shape index (κ2) is 6.71. The third-order valence-electron chi connectivity index (χ3n) is 3.95. The molecular formula is C17H18N2OS3. The van der Waals surface area contributed by atoms with Crippen molar-refractivity contribution in [2.75, 3.05) is 6.54 Å². The third kappa shape index (κ3) is 3.07. The number of thioether (sulfide) groups is 2. The minimum absolute atomic E-state index is 0.0207. The smallest absolute Gasteiger partial charge is 0.269 e. The van der Waals surface area contributed by atoms with Crippen LogP contribution >= 0.6 is 35.7 Å². The molecule has 0 radical (unpaired) electrons. The van der Waals surface area contributed by atoms with Crippen LogP contribution in [0.3, 0.4) is 0 Å². The van der Waals surface area contributed by atoms with Crippen molar-refractivity contribution in [3.05, 3.63) is 56.4 Å². The molecular weight excluding hydrogens is 344 g/mol. The minimum atomic E-state index is 0.0207. The fraction of sp³-hybridized carbons (Fsp3) is 0.294. The van der Waals surface area contributed by atoms with Crippen LogP contribution in [0.5, 0.6) is 0 Å². The molecule has 0 bridgehead atoms. The van der Waals surface area contributed by atoms with Crippen LogP contribution in [-0.4, -0.2) is 26.6 Å². The minimum Gasteiger partial charge on any atom is -0.338 e. The fourth-order valence-electron chi connectivity index (χ4n) is 2.60. The van der Waals surface area contributed by atoms with Gasteiger partial charge in [-0.1, -0.05) is 66.1 Å². The lowest BCUT2D eigenvalue weighted by Gasteiger charge is -2.20. The molecule has 2 aliphatic rings. The van der Waals surface area contributed by atoms with Crippen molar-refractivity contribution in [2.24, 2.45) is 0 Å². The highest BCUT2D eigenvalue weighted by Crippen LogP contribution is 2.47. The van der Waals surface area contributed by atoms with Crippen LogP contribution in [-0.2, 0) is 11.3 Å². The van der Waals surface area contributed by atoms with Gasteiger partial charge in [-0.15, -0.1) is 0 Å². The molecule has 0 unspecified atom stereocenters. The molecule has 120 valence electrons. The first-order valence-electron chi connectivity index (χ1n) is 7.47. The zero-order valence-electron chi connectivity index (χ0n) is 13.3. The van der Waals surface area contributed by atoms with Crippen LogP contribution in [0.4, 0.5) is 0 Å². The van der Waals surface area contributed by atoms with Crippen molar-refractivity contribution in [3.63, 3.8) is 0 Å². The van der Waals surface area contributed by atoms with Gasteiger partial charge in [0.15, 0.2) is 0 Å². The van der Waals surface area contributed by atoms with E-state index in [0.29, 0.717) is 10.9 Å². The SMILES string of the molecule is CCN1C(C)=C(C)SC1=C1SC(=S)N(Cc2ccccc2)C1=O. The Balaban J connectivity index is 1.88. The summed E-state index contributed by atoms with van der Waals surface area (Å²) in [5.41, 5.74) is 2.31. The molecule has 1 fully saturated rings. The topological polar surface area (TPSA) is 23.6 Å². The van der Waals surface area contributed by atoms with E-state index in [1.807, 2.05) is 30.3 Å². The number of hydrogen-bond donors (Lipinski definition) is 0. The number of rotatable bonds is 3. The highest BCUT2D eigenvalue weighted by atomic mass is 32.2. The van der Waals surface area contributed by atoms with Crippen molar-refractivity contribution < 1.29 is 4.79 Å². The summed E-state index contributed by atoms with van der Waals surface area (Å²) in [6, 6.07) is 9.97. The molecule has 2 aliphatic heterocycles. The molecule has 1 saturated heterocycles. The Hall–Kier alpha value is -1.24. The van der Waals surface area contributed by atoms with Gasteiger partial charge in [-0.3, -0.25) is 9.69 Å². The molecule has 1 aromatic rings. The molecule has 0 aliphatic carbocycles. The standard InChI is InChI=1S/C17H18N2OS3/c1-4-18-11(2)12(3)22-16(18)14-15(20)19(17(21)23-14)10-13-8-6-5-7-9-13/h5-9H,4,10H2,1-3H3. The first-order chi connectivity index (χ1) is 11.0. The zero-order valence-corrected chi connectivity index (χ0v) is 15.8. The quantitative estimate of drug-likeness (QED) is 0.580. The maximum atomic E-state index is 12.9. The largest absolute Gasteiger partial charge is 0.338 e. The molecule has 0 aromatic heterocycles. The third-order valence-corrected chi connectivity index (χ3v) is 6.74. The van der Waals surface area contributed by atoms with Gasteiger partial charge in [-0.05, 0) is 26.3 Å². The Bertz CT molecular complexity index is 725. The van der Waals surface area contributed by atoms with E-state index in [1.54, 1.807) is 16.7 Å². The van der Waals surface area contributed by atoms with Gasteiger partial charge in [0.1, 0.15) is 9.23 Å². The second-order valence-electron chi connectivity index (χ2n) is 5.37. The molecule has 6 heteroatoms. The lowest BCUT2D eigenvalue weighted by Crippen LogP contribution is -2.28. The Kier molecular flexibility index (Phi) is 4.85. The average molecular weight is 363 g/mol. The van der Waals surface area contributed by atoms with Gasteiger partial charge < -0.3 is 4.90 Å². The first kappa shape index (κ1) is 16.6. The van der Waals surface area contributed by atoms with Crippen molar-refractivity contribution in [1.29, 1.82) is 0 Å². The number of benzene rings is 1. The second-order valence-corrected chi connectivity index (χ2v) is 8.21. The van der Waals surface area contributed by atoms with Crippen LogP contribution in [0.1, 0.15) is 26.3 Å². The predicted molar refractivity (Wildman–Crippen MR) is 103 cm³/mol. The fourth-order valence-corrected chi connectivity index (χ4v) is 5.17. The summed E-state index contributed by atoms with van der Waals surface area (Å²) in [6.45, 7) is 7.69. The summed E-state index contributed by atoms with van der Waals surface area (Å²) in [5, 5.41) is 1.02. The molecule has 0 N–H and O–H groups in total. The maximum Gasteiger partial charge on any atom is 0.269 e. The molecule has 3 rings (SSSR count). The Morgan fingerprint density at radius 2 is 1.78 bits per heavy atom. The Morgan fingerprint density at radius 1 is 1.09 bits per heavy atom. The van der Waals surface area contributed by atoms with Crippen LogP contribution in [0.2, 0.25) is 0 Å². The number of nitrogens with zero attached hydrogens (tertiary/aromatic N) is 2. The van der Waals surface area contributed by atoms with E-state index in [4.69, 9.17) is 12.2 Å². The van der Waals surface area contributed by atoms with Crippen LogP contribution in [0.15, 0.2) is 50.9 Å². The van der Waals surface area contributed by atoms with Crippen LogP contribution < -0.4 is 0 Å². The monoisotopic (exact) mass is 362 g/mol. The molecule has 0 saturated carbocycles. The normalized spacial score (nSPS) is 21.9. The zero-order chi connectivity index (χ0) is 16.6. The van der Waals surface area contributed by atoms with Gasteiger partial charge in [-0.25, -0.2) is 0 Å². The van der Waals surface area contributed by atoms with Gasteiger partial charge in [-0.2, -0.15) is 0 Å². The molecule has 2 heterocycles. The number of carbonyl (C=O) groups is 1. The molecule has 0 atom stereocenters. The van der Waals surface area contributed by atoms with Crippen molar-refractivity contribution in [1.82, 2.24) is 9.80 Å². The number of carbonyl (C=O) groups excluding carboxylic acids is 1. The highest BCUT2D eigenvalue weighted by molar-refractivity contribution is 8.27. The van der Waals surface area contributed by atoms with Gasteiger partial charge in [0.2, 0.25) is 0 Å². The van der Waals surface area contributed by atoms with Gasteiger partial charge in [0.25, 0.3) is 5.91 Å². The summed E-state index contributed by atoms with van der Waals surface area (Å²) >= 11 is 8.55. The van der Waals surface area contributed by atoms with Crippen LogP contribution in [0, 0.1) is 0 Å². The lowest BCUT2D eigenvalue weighted by molar-refractivity contribution is -0.122. The molecule has 0 spiro atoms. The van der Waals surface area contributed by atoms with E-state index in [1.165, 1.54) is 22.4 Å². The summed E-state index contributed by atoms with van der Waals surface area (Å²) < 4.78 is 0.639. The molecule has 23 heavy (non-hydrogen) atoms. The summed E-state index contributed by atoms with van der Waals surface area (Å²) in [6.07, 6.45) is 0. The number of amides is 1. The first-order valence-corrected chi connectivity index (χ1v) is 9.51. The van der Waals surface area contributed by atoms with E-state index >= 15 is 0 Å². The van der Waals surface area contributed by atoms with Crippen molar-refractivity contribution in [3.8, 4) is 0 Å². The average Bonchev–Trinajstić information content (AvgIpc) is 2.99. The Labute approximate surface area is 150 Å². The van der Waals surface area contributed by atoms with Crippen molar-refractivity contribution in [2.45, 2.75) is 27.3 Å². The number of allylic oxidation sites excluding steroid dienone is 2. The molecule has 1 amide bonds. The Morgan fingerprint density at radius 3 is 2.43 bits per heavy atom. The van der Waals surface area contributed by atoms with E-state index < -0.39 is 0 Å². The van der Waals surface area contributed by atoms with E-state index in [-0.39, 0.29) is 5.91 Å². The van der Waals surface area contributed by atoms with Gasteiger partial charge >= 0.3 is 0 Å². The highest BCUT2D eigenvalue weighted by Gasteiger charge is 2.38. The van der Waals surface area contributed by atoms with Crippen LogP contribution in [0.25, 0.3) is 0 Å². The predicted octanol–water partition coefficient (Wildman–Crippen LogP) is 4.54. The number of thiocarbonyl (C=S) groups is 1. The number of hydrogen-bond acceptors (Lipinski definition) is 5. The lowest BCUT2D eigenvalue weighted by atomic mass is 10.2.